The van der Waals surface area contributed by atoms with Crippen LogP contribution >= 0.6 is 0 Å². The van der Waals surface area contributed by atoms with E-state index in [4.69, 9.17) is 4.42 Å². The molecule has 1 fully saturated rings. The number of hydrogen-bond acceptors (Lipinski definition) is 4. The molecule has 0 saturated carbocycles. The summed E-state index contributed by atoms with van der Waals surface area (Å²) in [5.41, 5.74) is 2.70. The van der Waals surface area contributed by atoms with Crippen LogP contribution in [0.3, 0.4) is 0 Å². The van der Waals surface area contributed by atoms with Crippen molar-refractivity contribution in [2.24, 2.45) is 4.99 Å². The normalized spacial score (nSPS) is 15.5. The number of guanidine groups is 1. The number of aryl methyl sites for hydroxylation is 1. The van der Waals surface area contributed by atoms with Crippen molar-refractivity contribution < 1.29 is 4.42 Å². The van der Waals surface area contributed by atoms with Crippen molar-refractivity contribution in [2.45, 2.75) is 33.2 Å². The van der Waals surface area contributed by atoms with E-state index in [-0.39, 0.29) is 0 Å². The molecule has 1 aromatic carbocycles. The average molecular weight is 398 g/mol. The fourth-order valence-electron chi connectivity index (χ4n) is 3.62. The van der Waals surface area contributed by atoms with Crippen LogP contribution in [-0.2, 0) is 6.54 Å². The number of benzene rings is 1. The van der Waals surface area contributed by atoms with Gasteiger partial charge in [0, 0.05) is 45.0 Å². The molecule has 0 spiro atoms. The number of anilines is 1. The molecule has 0 bridgehead atoms. The summed E-state index contributed by atoms with van der Waals surface area (Å²) in [5.74, 6) is 1.74. The summed E-state index contributed by atoms with van der Waals surface area (Å²) in [6.07, 6.45) is 4.03. The Morgan fingerprint density at radius 1 is 1.07 bits per heavy atom. The molecular formula is C23H35N5O. The number of nitrogens with zero attached hydrogens (tertiary/aromatic N) is 3. The van der Waals surface area contributed by atoms with Gasteiger partial charge < -0.3 is 20.0 Å². The van der Waals surface area contributed by atoms with E-state index in [2.05, 4.69) is 63.5 Å². The molecule has 1 aliphatic rings. The largest absolute Gasteiger partial charge is 0.467 e. The van der Waals surface area contributed by atoms with Crippen molar-refractivity contribution in [2.75, 3.05) is 50.7 Å². The van der Waals surface area contributed by atoms with Gasteiger partial charge in [0.15, 0.2) is 5.96 Å². The number of rotatable bonds is 9. The van der Waals surface area contributed by atoms with Crippen molar-refractivity contribution in [3.05, 3.63) is 54.0 Å². The Morgan fingerprint density at radius 3 is 2.66 bits per heavy atom. The van der Waals surface area contributed by atoms with Crippen LogP contribution in [0, 0.1) is 6.92 Å². The number of piperazine rings is 1. The van der Waals surface area contributed by atoms with Gasteiger partial charge in [0.05, 0.1) is 6.26 Å². The summed E-state index contributed by atoms with van der Waals surface area (Å²) < 4.78 is 5.34. The van der Waals surface area contributed by atoms with E-state index in [1.807, 2.05) is 12.1 Å². The van der Waals surface area contributed by atoms with Crippen molar-refractivity contribution in [1.82, 2.24) is 15.5 Å². The molecule has 158 valence electrons. The SMILES string of the molecule is CCNC(=NCc1ccco1)NCCCCN1CCN(c2cccc(C)c2)CC1. The van der Waals surface area contributed by atoms with Crippen molar-refractivity contribution in [1.29, 1.82) is 0 Å². The Labute approximate surface area is 175 Å². The highest BCUT2D eigenvalue weighted by Crippen LogP contribution is 2.17. The lowest BCUT2D eigenvalue weighted by molar-refractivity contribution is 0.253. The van der Waals surface area contributed by atoms with E-state index < -0.39 is 0 Å². The summed E-state index contributed by atoms with van der Waals surface area (Å²) in [6.45, 7) is 12.3. The van der Waals surface area contributed by atoms with E-state index >= 15 is 0 Å². The zero-order valence-electron chi connectivity index (χ0n) is 17.9. The van der Waals surface area contributed by atoms with Crippen molar-refractivity contribution in [3.8, 4) is 0 Å². The Balaban J connectivity index is 1.30. The molecule has 2 N–H and O–H groups in total. The smallest absolute Gasteiger partial charge is 0.191 e. The minimum atomic E-state index is 0.563. The summed E-state index contributed by atoms with van der Waals surface area (Å²) in [4.78, 5) is 9.66. The van der Waals surface area contributed by atoms with Crippen LogP contribution in [0.4, 0.5) is 5.69 Å². The summed E-state index contributed by atoms with van der Waals surface area (Å²) >= 11 is 0. The van der Waals surface area contributed by atoms with E-state index in [0.29, 0.717) is 6.54 Å². The maximum absolute atomic E-state index is 5.34. The van der Waals surface area contributed by atoms with Crippen LogP contribution in [0.25, 0.3) is 0 Å². The number of furan rings is 1. The Bertz CT molecular complexity index is 735. The van der Waals surface area contributed by atoms with Crippen molar-refractivity contribution >= 4 is 11.6 Å². The lowest BCUT2D eigenvalue weighted by Gasteiger charge is -2.36. The molecule has 2 heterocycles. The van der Waals surface area contributed by atoms with Gasteiger partial charge in [-0.3, -0.25) is 4.90 Å². The lowest BCUT2D eigenvalue weighted by Crippen LogP contribution is -2.46. The van der Waals surface area contributed by atoms with Crippen LogP contribution in [-0.4, -0.2) is 56.7 Å². The number of aliphatic imine (C=N–C) groups is 1. The van der Waals surface area contributed by atoms with Crippen molar-refractivity contribution in [3.63, 3.8) is 0 Å². The predicted molar refractivity (Wildman–Crippen MR) is 121 cm³/mol. The van der Waals surface area contributed by atoms with Crippen LogP contribution in [0.2, 0.25) is 0 Å². The first-order valence-electron chi connectivity index (χ1n) is 10.8. The molecule has 0 aliphatic carbocycles. The molecule has 6 nitrogen and oxygen atoms in total. The Kier molecular flexibility index (Phi) is 8.43. The molecule has 2 aromatic rings. The van der Waals surface area contributed by atoms with Gasteiger partial charge in [-0.05, 0) is 63.1 Å². The maximum Gasteiger partial charge on any atom is 0.191 e. The molecule has 1 aromatic heterocycles. The molecule has 1 saturated heterocycles. The fraction of sp³-hybridized carbons (Fsp3) is 0.522. The fourth-order valence-corrected chi connectivity index (χ4v) is 3.62. The van der Waals surface area contributed by atoms with Crippen LogP contribution < -0.4 is 15.5 Å². The molecule has 29 heavy (non-hydrogen) atoms. The first kappa shape index (κ1) is 21.2. The van der Waals surface area contributed by atoms with Gasteiger partial charge in [-0.25, -0.2) is 4.99 Å². The van der Waals surface area contributed by atoms with Crippen LogP contribution in [0.15, 0.2) is 52.1 Å². The molecule has 0 atom stereocenters. The van der Waals surface area contributed by atoms with E-state index in [9.17, 15) is 0 Å². The van der Waals surface area contributed by atoms with Gasteiger partial charge in [-0.2, -0.15) is 0 Å². The molecule has 6 heteroatoms. The first-order chi connectivity index (χ1) is 14.2. The molecule has 1 aliphatic heterocycles. The number of nitrogens with one attached hydrogen (secondary N) is 2. The Morgan fingerprint density at radius 2 is 1.93 bits per heavy atom. The highest BCUT2D eigenvalue weighted by molar-refractivity contribution is 5.79. The van der Waals surface area contributed by atoms with Crippen LogP contribution in [0.1, 0.15) is 31.1 Å². The molecule has 0 radical (unpaired) electrons. The summed E-state index contributed by atoms with van der Waals surface area (Å²) in [7, 11) is 0. The molecule has 0 amide bonds. The first-order valence-corrected chi connectivity index (χ1v) is 10.8. The second kappa shape index (κ2) is 11.5. The second-order valence-corrected chi connectivity index (χ2v) is 7.58. The topological polar surface area (TPSA) is 56.0 Å². The van der Waals surface area contributed by atoms with Gasteiger partial charge in [-0.15, -0.1) is 0 Å². The van der Waals surface area contributed by atoms with Gasteiger partial charge in [-0.1, -0.05) is 12.1 Å². The summed E-state index contributed by atoms with van der Waals surface area (Å²) in [6, 6.07) is 12.7. The van der Waals surface area contributed by atoms with E-state index in [1.165, 1.54) is 24.2 Å². The zero-order valence-corrected chi connectivity index (χ0v) is 17.9. The van der Waals surface area contributed by atoms with Gasteiger partial charge >= 0.3 is 0 Å². The molecule has 3 rings (SSSR count). The minimum Gasteiger partial charge on any atom is -0.467 e. The maximum atomic E-state index is 5.34. The lowest BCUT2D eigenvalue weighted by atomic mass is 10.2. The zero-order chi connectivity index (χ0) is 20.3. The second-order valence-electron chi connectivity index (χ2n) is 7.58. The predicted octanol–water partition coefficient (Wildman–Crippen LogP) is 3.25. The van der Waals surface area contributed by atoms with Crippen LogP contribution in [0.5, 0.6) is 0 Å². The average Bonchev–Trinajstić information content (AvgIpc) is 3.26. The number of unbranched alkanes of at least 4 members (excludes halogenated alkanes) is 1. The molecular weight excluding hydrogens is 362 g/mol. The molecule has 0 unspecified atom stereocenters. The monoisotopic (exact) mass is 397 g/mol. The third-order valence-electron chi connectivity index (χ3n) is 5.25. The standard InChI is InChI=1S/C23H35N5O/c1-3-24-23(26-19-22-10-7-17-29-22)25-11-4-5-12-27-13-15-28(16-14-27)21-9-6-8-20(2)18-21/h6-10,17-18H,3-5,11-16,19H2,1-2H3,(H2,24,25,26). The highest BCUT2D eigenvalue weighted by atomic mass is 16.3. The number of hydrogen-bond donors (Lipinski definition) is 2. The van der Waals surface area contributed by atoms with Gasteiger partial charge in [0.25, 0.3) is 0 Å². The third kappa shape index (κ3) is 7.13. The summed E-state index contributed by atoms with van der Waals surface area (Å²) in [5, 5.41) is 6.72. The Hall–Kier alpha value is -2.47. The van der Waals surface area contributed by atoms with Gasteiger partial charge in [0.2, 0.25) is 0 Å². The van der Waals surface area contributed by atoms with E-state index in [0.717, 1.165) is 57.4 Å². The third-order valence-corrected chi connectivity index (χ3v) is 5.25. The van der Waals surface area contributed by atoms with Gasteiger partial charge in [0.1, 0.15) is 12.3 Å². The highest BCUT2D eigenvalue weighted by Gasteiger charge is 2.16. The quantitative estimate of drug-likeness (QED) is 0.386. The van der Waals surface area contributed by atoms with E-state index in [1.54, 1.807) is 6.26 Å². The minimum absolute atomic E-state index is 0.563.